The molecule has 2 N–H and O–H groups in total. The Morgan fingerprint density at radius 3 is 2.55 bits per heavy atom. The van der Waals surface area contributed by atoms with Gasteiger partial charge in [-0.25, -0.2) is 14.4 Å². The highest BCUT2D eigenvalue weighted by Crippen LogP contribution is 2.89. The summed E-state index contributed by atoms with van der Waals surface area (Å²) in [4.78, 5) is 52.8. The molecule has 5 fully saturated rings. The summed E-state index contributed by atoms with van der Waals surface area (Å²) in [6.07, 6.45) is 2.74. The van der Waals surface area contributed by atoms with E-state index in [-0.39, 0.29) is 6.42 Å². The highest BCUT2D eigenvalue weighted by molar-refractivity contribution is 5.92. The zero-order valence-electron chi connectivity index (χ0n) is 22.9. The fourth-order valence-corrected chi connectivity index (χ4v) is 10.9. The van der Waals surface area contributed by atoms with Crippen molar-refractivity contribution in [1.29, 1.82) is 0 Å². The Bertz CT molecular complexity index is 1410. The second-order valence-electron chi connectivity index (χ2n) is 13.1. The zero-order valence-corrected chi connectivity index (χ0v) is 22.9. The van der Waals surface area contributed by atoms with Crippen LogP contribution in [0.1, 0.15) is 58.6 Å². The summed E-state index contributed by atoms with van der Waals surface area (Å²) in [5, 5.41) is 24.0. The Hall–Kier alpha value is -3.18. The van der Waals surface area contributed by atoms with Crippen molar-refractivity contribution in [3.05, 3.63) is 35.8 Å². The summed E-state index contributed by atoms with van der Waals surface area (Å²) in [7, 11) is 1.15. The Balaban J connectivity index is 1.53. The fourth-order valence-electron chi connectivity index (χ4n) is 10.9. The van der Waals surface area contributed by atoms with Crippen LogP contribution >= 0.6 is 0 Å². The molecule has 214 valence electrons. The topological polar surface area (TPSA) is 159 Å². The maximum absolute atomic E-state index is 14.0. The summed E-state index contributed by atoms with van der Waals surface area (Å²) in [5.41, 5.74) is -7.62. The van der Waals surface area contributed by atoms with Crippen LogP contribution in [0.4, 0.5) is 0 Å². The lowest BCUT2D eigenvalue weighted by atomic mass is 9.51. The van der Waals surface area contributed by atoms with Crippen molar-refractivity contribution in [3.8, 4) is 0 Å². The number of esters is 4. The lowest BCUT2D eigenvalue weighted by Gasteiger charge is -2.56. The molecule has 6 aliphatic rings. The standard InChI is InChI=1S/C29H32O11/c1-13(30)39-27-12-25(3)19(18(32)21(33)36-5)26(27,4)15-6-8-24(2)16(28(15)22(27)29(25,35)23(34)40-28)10-17(31)38-20(24)14-7-9-37-11-14/h7,9-11,15,18-20,22,32,35H,6,8,12H2,1-5H3/t15?,18-,19+,20+,22?,24-,25+,26-,27+,28+,29-/m1/s1. The van der Waals surface area contributed by atoms with Gasteiger partial charge in [0.2, 0.25) is 0 Å². The van der Waals surface area contributed by atoms with Gasteiger partial charge in [0.05, 0.1) is 25.6 Å². The number of hydrogen-bond acceptors (Lipinski definition) is 11. The molecule has 11 heteroatoms. The first-order valence-electron chi connectivity index (χ1n) is 13.6. The van der Waals surface area contributed by atoms with Crippen molar-refractivity contribution < 1.29 is 52.8 Å². The molecule has 1 aromatic heterocycles. The summed E-state index contributed by atoms with van der Waals surface area (Å²) < 4.78 is 28.6. The lowest BCUT2D eigenvalue weighted by molar-refractivity contribution is -0.226. The number of methoxy groups -OCH3 is 1. The summed E-state index contributed by atoms with van der Waals surface area (Å²) in [6, 6.07) is 1.71. The van der Waals surface area contributed by atoms with Gasteiger partial charge in [-0.05, 0) is 30.9 Å². The maximum atomic E-state index is 14.0. The van der Waals surface area contributed by atoms with Crippen molar-refractivity contribution in [2.75, 3.05) is 7.11 Å². The van der Waals surface area contributed by atoms with Crippen molar-refractivity contribution in [3.63, 3.8) is 0 Å². The van der Waals surface area contributed by atoms with Gasteiger partial charge in [-0.2, -0.15) is 0 Å². The van der Waals surface area contributed by atoms with Crippen LogP contribution in [-0.2, 0) is 38.1 Å². The molecule has 2 aliphatic heterocycles. The van der Waals surface area contributed by atoms with E-state index in [0.29, 0.717) is 24.0 Å². The lowest BCUT2D eigenvalue weighted by Crippen LogP contribution is -2.66. The molecule has 7 rings (SSSR count). The molecule has 2 bridgehead atoms. The molecule has 1 aromatic rings. The molecule has 2 unspecified atom stereocenters. The van der Waals surface area contributed by atoms with Gasteiger partial charge in [-0.3, -0.25) is 4.79 Å². The highest BCUT2D eigenvalue weighted by atomic mass is 16.6. The van der Waals surface area contributed by atoms with Crippen molar-refractivity contribution in [2.24, 2.45) is 34.0 Å². The summed E-state index contributed by atoms with van der Waals surface area (Å²) in [6.45, 7) is 6.66. The van der Waals surface area contributed by atoms with E-state index in [0.717, 1.165) is 7.11 Å². The van der Waals surface area contributed by atoms with Gasteiger partial charge < -0.3 is 33.6 Å². The van der Waals surface area contributed by atoms with Crippen LogP contribution in [0.5, 0.6) is 0 Å². The van der Waals surface area contributed by atoms with E-state index in [1.807, 2.05) is 13.8 Å². The van der Waals surface area contributed by atoms with Crippen LogP contribution in [0, 0.1) is 34.0 Å². The van der Waals surface area contributed by atoms with Crippen LogP contribution in [0.15, 0.2) is 34.7 Å². The van der Waals surface area contributed by atoms with Crippen LogP contribution in [0.3, 0.4) is 0 Å². The smallest absolute Gasteiger partial charge is 0.340 e. The van der Waals surface area contributed by atoms with Gasteiger partial charge in [-0.15, -0.1) is 0 Å². The van der Waals surface area contributed by atoms with E-state index in [1.54, 1.807) is 13.0 Å². The molecule has 4 aliphatic carbocycles. The summed E-state index contributed by atoms with van der Waals surface area (Å²) >= 11 is 0. The molecule has 11 nitrogen and oxygen atoms in total. The first kappa shape index (κ1) is 25.8. The highest BCUT2D eigenvalue weighted by Gasteiger charge is 3.00. The van der Waals surface area contributed by atoms with Gasteiger partial charge in [-0.1, -0.05) is 20.8 Å². The molecule has 3 heterocycles. The first-order valence-corrected chi connectivity index (χ1v) is 13.6. The molecule has 0 amide bonds. The molecular formula is C29H32O11. The molecule has 0 aromatic carbocycles. The molecule has 11 atom stereocenters. The van der Waals surface area contributed by atoms with Crippen LogP contribution in [-0.4, -0.2) is 64.1 Å². The van der Waals surface area contributed by atoms with Crippen LogP contribution < -0.4 is 0 Å². The minimum atomic E-state index is -2.23. The predicted molar refractivity (Wildman–Crippen MR) is 131 cm³/mol. The van der Waals surface area contributed by atoms with Crippen molar-refractivity contribution in [2.45, 2.75) is 76.0 Å². The summed E-state index contributed by atoms with van der Waals surface area (Å²) in [5.74, 6) is -5.85. The molecular weight excluding hydrogens is 524 g/mol. The zero-order chi connectivity index (χ0) is 28.8. The molecule has 40 heavy (non-hydrogen) atoms. The van der Waals surface area contributed by atoms with Gasteiger partial charge in [0.25, 0.3) is 0 Å². The van der Waals surface area contributed by atoms with E-state index < -0.39 is 86.9 Å². The molecule has 1 saturated heterocycles. The minimum absolute atomic E-state index is 0.0168. The third kappa shape index (κ3) is 2.29. The molecule has 0 radical (unpaired) electrons. The van der Waals surface area contributed by atoms with Gasteiger partial charge in [0.15, 0.2) is 11.7 Å². The monoisotopic (exact) mass is 556 g/mol. The Morgan fingerprint density at radius 1 is 1.20 bits per heavy atom. The van der Waals surface area contributed by atoms with Crippen LogP contribution in [0.25, 0.3) is 0 Å². The fraction of sp³-hybridized carbons (Fsp3) is 0.655. The molecule has 4 saturated carbocycles. The Labute approximate surface area is 229 Å². The van der Waals surface area contributed by atoms with E-state index in [1.165, 1.54) is 25.5 Å². The van der Waals surface area contributed by atoms with Crippen molar-refractivity contribution >= 4 is 23.9 Å². The number of hydrogen-bond donors (Lipinski definition) is 2. The van der Waals surface area contributed by atoms with Gasteiger partial charge in [0, 0.05) is 46.6 Å². The third-order valence-electron chi connectivity index (χ3n) is 11.9. The number of rotatable bonds is 4. The second kappa shape index (κ2) is 7.17. The largest absolute Gasteiger partial charge is 0.472 e. The second-order valence-corrected chi connectivity index (χ2v) is 13.1. The number of aliphatic hydroxyl groups is 2. The number of fused-ring (bicyclic) bond motifs is 4. The van der Waals surface area contributed by atoms with Gasteiger partial charge in [0.1, 0.15) is 17.3 Å². The predicted octanol–water partition coefficient (Wildman–Crippen LogP) is 1.76. The number of carbonyl (C=O) groups excluding carboxylic acids is 4. The number of furan rings is 1. The number of ether oxygens (including phenoxy) is 4. The Kier molecular flexibility index (Phi) is 4.62. The number of cyclic esters (lactones) is 1. The average molecular weight is 557 g/mol. The van der Waals surface area contributed by atoms with Gasteiger partial charge >= 0.3 is 23.9 Å². The van der Waals surface area contributed by atoms with E-state index in [9.17, 15) is 29.4 Å². The van der Waals surface area contributed by atoms with E-state index in [4.69, 9.17) is 23.4 Å². The third-order valence-corrected chi connectivity index (χ3v) is 11.9. The maximum Gasteiger partial charge on any atom is 0.340 e. The van der Waals surface area contributed by atoms with E-state index >= 15 is 0 Å². The minimum Gasteiger partial charge on any atom is -0.472 e. The number of aliphatic hydroxyl groups excluding tert-OH is 1. The van der Waals surface area contributed by atoms with E-state index in [2.05, 4.69) is 0 Å². The average Bonchev–Trinajstić information content (AvgIpc) is 3.60. The van der Waals surface area contributed by atoms with Crippen molar-refractivity contribution in [1.82, 2.24) is 0 Å². The first-order chi connectivity index (χ1) is 18.7. The SMILES string of the molecule is COC(=O)[C@H](O)[C@H]1[C@]2(C)C[C@]3(OC(C)=O)C4[C@@]5(OC(=O)[C@]42O)C2=CC(=O)O[C@@H](c4ccoc4)[C@]2(C)CCC5[C@]13C. The normalized spacial score (nSPS) is 49.9. The van der Waals surface area contributed by atoms with Crippen LogP contribution in [0.2, 0.25) is 0 Å². The quantitative estimate of drug-likeness (QED) is 0.411. The number of carbonyl (C=O) groups is 4. The molecule has 1 spiro atoms. The Morgan fingerprint density at radius 2 is 1.93 bits per heavy atom.